The molecule has 0 aromatic carbocycles. The molecule has 0 saturated carbocycles. The van der Waals surface area contributed by atoms with Crippen LogP contribution in [0, 0.1) is 5.92 Å². The zero-order valence-electron chi connectivity index (χ0n) is 13.8. The summed E-state index contributed by atoms with van der Waals surface area (Å²) < 4.78 is 2.61. The van der Waals surface area contributed by atoms with Gasteiger partial charge in [-0.15, -0.1) is 0 Å². The molecule has 0 unspecified atom stereocenters. The quantitative estimate of drug-likeness (QED) is 0.765. The molecule has 23 heavy (non-hydrogen) atoms. The van der Waals surface area contributed by atoms with Crippen molar-refractivity contribution < 1.29 is 4.79 Å². The van der Waals surface area contributed by atoms with E-state index in [1.165, 1.54) is 17.7 Å². The van der Waals surface area contributed by atoms with Crippen molar-refractivity contribution in [2.24, 2.45) is 20.0 Å². The van der Waals surface area contributed by atoms with E-state index in [0.29, 0.717) is 18.9 Å². The number of hydrogen-bond acceptors (Lipinski definition) is 4. The standard InChI is InChI=1S/C16H24N4O3/c1-17-13(11-14(21)18(2)16(17)23)19-9-5-12(6-10-19)15(22)20-7-3-4-8-20/h11-12H,3-10H2,1-2H3. The second-order valence-corrected chi connectivity index (χ2v) is 6.54. The first kappa shape index (κ1) is 15.8. The fourth-order valence-electron chi connectivity index (χ4n) is 3.58. The van der Waals surface area contributed by atoms with Crippen molar-refractivity contribution in [2.45, 2.75) is 25.7 Å². The molecular weight excluding hydrogens is 296 g/mol. The number of nitrogens with zero attached hydrogens (tertiary/aromatic N) is 4. The number of likely N-dealkylation sites (tertiary alicyclic amines) is 1. The van der Waals surface area contributed by atoms with E-state index in [2.05, 4.69) is 0 Å². The Morgan fingerprint density at radius 3 is 2.22 bits per heavy atom. The van der Waals surface area contributed by atoms with E-state index < -0.39 is 0 Å². The number of hydrogen-bond donors (Lipinski definition) is 0. The summed E-state index contributed by atoms with van der Waals surface area (Å²) in [6.45, 7) is 3.18. The van der Waals surface area contributed by atoms with Gasteiger partial charge in [0.1, 0.15) is 5.82 Å². The van der Waals surface area contributed by atoms with Gasteiger partial charge in [0.25, 0.3) is 5.56 Å². The largest absolute Gasteiger partial charge is 0.358 e. The molecule has 3 heterocycles. The summed E-state index contributed by atoms with van der Waals surface area (Å²) in [6.07, 6.45) is 3.78. The monoisotopic (exact) mass is 320 g/mol. The smallest absolute Gasteiger partial charge is 0.332 e. The molecule has 1 aromatic heterocycles. The minimum Gasteiger partial charge on any atom is -0.358 e. The van der Waals surface area contributed by atoms with Crippen molar-refractivity contribution in [1.29, 1.82) is 0 Å². The number of anilines is 1. The molecule has 2 aliphatic heterocycles. The van der Waals surface area contributed by atoms with Gasteiger partial charge in [-0.2, -0.15) is 0 Å². The lowest BCUT2D eigenvalue weighted by Gasteiger charge is -2.35. The van der Waals surface area contributed by atoms with Crippen LogP contribution in [0.2, 0.25) is 0 Å². The lowest BCUT2D eigenvalue weighted by atomic mass is 9.95. The maximum absolute atomic E-state index is 12.5. The lowest BCUT2D eigenvalue weighted by Crippen LogP contribution is -2.45. The molecule has 0 atom stereocenters. The van der Waals surface area contributed by atoms with E-state index in [-0.39, 0.29) is 23.1 Å². The Bertz CT molecular complexity index is 707. The third-order valence-corrected chi connectivity index (χ3v) is 5.09. The highest BCUT2D eigenvalue weighted by Crippen LogP contribution is 2.24. The van der Waals surface area contributed by atoms with Crippen molar-refractivity contribution in [2.75, 3.05) is 31.1 Å². The Morgan fingerprint density at radius 1 is 1.00 bits per heavy atom. The fraction of sp³-hybridized carbons (Fsp3) is 0.688. The van der Waals surface area contributed by atoms with Gasteiger partial charge < -0.3 is 9.80 Å². The molecule has 2 fully saturated rings. The molecule has 7 nitrogen and oxygen atoms in total. The second-order valence-electron chi connectivity index (χ2n) is 6.54. The molecule has 7 heteroatoms. The highest BCUT2D eigenvalue weighted by atomic mass is 16.2. The van der Waals surface area contributed by atoms with Gasteiger partial charge in [-0.1, -0.05) is 0 Å². The molecule has 0 radical (unpaired) electrons. The Kier molecular flexibility index (Phi) is 4.28. The summed E-state index contributed by atoms with van der Waals surface area (Å²) in [7, 11) is 3.16. The van der Waals surface area contributed by atoms with Crippen molar-refractivity contribution >= 4 is 11.7 Å². The average Bonchev–Trinajstić information content (AvgIpc) is 3.10. The molecular formula is C16H24N4O3. The molecule has 0 spiro atoms. The van der Waals surface area contributed by atoms with E-state index in [9.17, 15) is 14.4 Å². The summed E-state index contributed by atoms with van der Waals surface area (Å²) in [5.41, 5.74) is -0.610. The van der Waals surface area contributed by atoms with E-state index in [0.717, 1.165) is 43.3 Å². The number of piperidine rings is 1. The topological polar surface area (TPSA) is 67.6 Å². The van der Waals surface area contributed by atoms with Crippen molar-refractivity contribution in [3.63, 3.8) is 0 Å². The maximum Gasteiger partial charge on any atom is 0.332 e. The first-order valence-corrected chi connectivity index (χ1v) is 8.30. The number of carbonyl (C=O) groups excluding carboxylic acids is 1. The zero-order valence-corrected chi connectivity index (χ0v) is 13.8. The first-order chi connectivity index (χ1) is 11.0. The Hall–Kier alpha value is -2.05. The van der Waals surface area contributed by atoms with E-state index in [1.54, 1.807) is 7.05 Å². The summed E-state index contributed by atoms with van der Waals surface area (Å²) in [5.74, 6) is 0.998. The third kappa shape index (κ3) is 2.92. The van der Waals surface area contributed by atoms with Gasteiger partial charge in [0.15, 0.2) is 0 Å². The molecule has 1 aromatic rings. The molecule has 126 valence electrons. The van der Waals surface area contributed by atoms with Crippen molar-refractivity contribution in [1.82, 2.24) is 14.0 Å². The second kappa shape index (κ2) is 6.22. The predicted molar refractivity (Wildman–Crippen MR) is 87.7 cm³/mol. The summed E-state index contributed by atoms with van der Waals surface area (Å²) in [4.78, 5) is 40.4. The number of aromatic nitrogens is 2. The number of carbonyl (C=O) groups is 1. The van der Waals surface area contributed by atoms with Gasteiger partial charge in [0.2, 0.25) is 5.91 Å². The van der Waals surface area contributed by atoms with Crippen LogP contribution in [0.5, 0.6) is 0 Å². The number of amides is 1. The maximum atomic E-state index is 12.5. The van der Waals surface area contributed by atoms with Crippen LogP contribution in [0.1, 0.15) is 25.7 Å². The lowest BCUT2D eigenvalue weighted by molar-refractivity contribution is -0.135. The normalized spacial score (nSPS) is 19.4. The molecule has 2 saturated heterocycles. The Balaban J connectivity index is 1.71. The van der Waals surface area contributed by atoms with Gasteiger partial charge in [-0.05, 0) is 25.7 Å². The van der Waals surface area contributed by atoms with Crippen LogP contribution in [0.25, 0.3) is 0 Å². The van der Waals surface area contributed by atoms with Crippen LogP contribution >= 0.6 is 0 Å². The average molecular weight is 320 g/mol. The van der Waals surface area contributed by atoms with Gasteiger partial charge in [-0.25, -0.2) is 4.79 Å². The predicted octanol–water partition coefficient (Wildman–Crippen LogP) is -0.0772. The van der Waals surface area contributed by atoms with Crippen LogP contribution in [-0.4, -0.2) is 46.1 Å². The Morgan fingerprint density at radius 2 is 1.61 bits per heavy atom. The fourth-order valence-corrected chi connectivity index (χ4v) is 3.58. The summed E-state index contributed by atoms with van der Waals surface area (Å²) >= 11 is 0. The van der Waals surface area contributed by atoms with Crippen LogP contribution in [0.3, 0.4) is 0 Å². The van der Waals surface area contributed by atoms with E-state index in [1.807, 2.05) is 9.80 Å². The minimum atomic E-state index is -0.317. The Labute approximate surface area is 135 Å². The van der Waals surface area contributed by atoms with Gasteiger partial charge in [-0.3, -0.25) is 18.7 Å². The summed E-state index contributed by atoms with van der Waals surface area (Å²) in [5, 5.41) is 0. The van der Waals surface area contributed by atoms with Crippen LogP contribution in [0.4, 0.5) is 5.82 Å². The van der Waals surface area contributed by atoms with E-state index >= 15 is 0 Å². The number of rotatable bonds is 2. The first-order valence-electron chi connectivity index (χ1n) is 8.30. The van der Waals surface area contributed by atoms with Crippen molar-refractivity contribution in [3.8, 4) is 0 Å². The molecule has 1 amide bonds. The van der Waals surface area contributed by atoms with Crippen LogP contribution < -0.4 is 16.1 Å². The zero-order chi connectivity index (χ0) is 16.6. The van der Waals surface area contributed by atoms with Gasteiger partial charge >= 0.3 is 5.69 Å². The molecule has 3 rings (SSSR count). The molecule has 0 bridgehead atoms. The summed E-state index contributed by atoms with van der Waals surface area (Å²) in [6, 6.07) is 1.50. The van der Waals surface area contributed by atoms with Crippen LogP contribution in [-0.2, 0) is 18.9 Å². The SMILES string of the molecule is Cn1c(N2CCC(C(=O)N3CCCC3)CC2)cc(=O)n(C)c1=O. The molecule has 0 aliphatic carbocycles. The minimum absolute atomic E-state index is 0.0768. The third-order valence-electron chi connectivity index (χ3n) is 5.09. The van der Waals surface area contributed by atoms with E-state index in [4.69, 9.17) is 0 Å². The van der Waals surface area contributed by atoms with Gasteiger partial charge in [0.05, 0.1) is 0 Å². The van der Waals surface area contributed by atoms with Crippen LogP contribution in [0.15, 0.2) is 15.7 Å². The van der Waals surface area contributed by atoms with Gasteiger partial charge in [0, 0.05) is 52.3 Å². The molecule has 0 N–H and O–H groups in total. The highest BCUT2D eigenvalue weighted by molar-refractivity contribution is 5.79. The highest BCUT2D eigenvalue weighted by Gasteiger charge is 2.30. The van der Waals surface area contributed by atoms with Crippen molar-refractivity contribution in [3.05, 3.63) is 26.9 Å². The molecule has 2 aliphatic rings.